The predicted octanol–water partition coefficient (Wildman–Crippen LogP) is 2.91. The Morgan fingerprint density at radius 2 is 2.17 bits per heavy atom. The monoisotopic (exact) mass is 247 g/mol. The second-order valence-corrected chi connectivity index (χ2v) is 5.39. The SMILES string of the molecule is CNCC(=Cc1cnn(C)c1C)C1CCCCC1. The fourth-order valence-electron chi connectivity index (χ4n) is 2.85. The van der Waals surface area contributed by atoms with Crippen LogP contribution in [0.25, 0.3) is 6.08 Å². The normalized spacial score (nSPS) is 18.3. The van der Waals surface area contributed by atoms with Crippen molar-refractivity contribution >= 4 is 6.08 Å². The highest BCUT2D eigenvalue weighted by atomic mass is 15.3. The molecule has 0 saturated heterocycles. The van der Waals surface area contributed by atoms with E-state index in [2.05, 4.69) is 23.4 Å². The maximum absolute atomic E-state index is 4.33. The topological polar surface area (TPSA) is 29.9 Å². The number of rotatable bonds is 4. The Balaban J connectivity index is 2.20. The molecule has 18 heavy (non-hydrogen) atoms. The van der Waals surface area contributed by atoms with Gasteiger partial charge in [-0.1, -0.05) is 30.9 Å². The quantitative estimate of drug-likeness (QED) is 0.886. The van der Waals surface area contributed by atoms with Crippen molar-refractivity contribution in [3.63, 3.8) is 0 Å². The molecule has 2 rings (SSSR count). The van der Waals surface area contributed by atoms with Gasteiger partial charge in [-0.3, -0.25) is 4.68 Å². The minimum atomic E-state index is 0.769. The lowest BCUT2D eigenvalue weighted by Gasteiger charge is -2.24. The third-order valence-electron chi connectivity index (χ3n) is 4.12. The van der Waals surface area contributed by atoms with E-state index < -0.39 is 0 Å². The van der Waals surface area contributed by atoms with Crippen molar-refractivity contribution in [2.75, 3.05) is 13.6 Å². The van der Waals surface area contributed by atoms with Crippen molar-refractivity contribution in [3.05, 3.63) is 23.0 Å². The van der Waals surface area contributed by atoms with E-state index in [0.29, 0.717) is 0 Å². The molecule has 1 aliphatic carbocycles. The molecule has 0 spiro atoms. The van der Waals surface area contributed by atoms with Gasteiger partial charge in [0.05, 0.1) is 6.20 Å². The molecule has 1 N–H and O–H groups in total. The van der Waals surface area contributed by atoms with Crippen LogP contribution in [0.3, 0.4) is 0 Å². The van der Waals surface area contributed by atoms with Crippen LogP contribution in [0.5, 0.6) is 0 Å². The zero-order valence-electron chi connectivity index (χ0n) is 11.9. The maximum atomic E-state index is 4.33. The van der Waals surface area contributed by atoms with Crippen LogP contribution < -0.4 is 5.32 Å². The summed E-state index contributed by atoms with van der Waals surface area (Å²) in [6, 6.07) is 0. The Morgan fingerprint density at radius 1 is 1.44 bits per heavy atom. The molecular weight excluding hydrogens is 222 g/mol. The zero-order valence-corrected chi connectivity index (χ0v) is 11.9. The van der Waals surface area contributed by atoms with Gasteiger partial charge in [0.25, 0.3) is 0 Å². The largest absolute Gasteiger partial charge is 0.316 e. The van der Waals surface area contributed by atoms with Gasteiger partial charge < -0.3 is 5.32 Å². The van der Waals surface area contributed by atoms with E-state index in [1.54, 1.807) is 5.57 Å². The Bertz CT molecular complexity index is 411. The van der Waals surface area contributed by atoms with Gasteiger partial charge in [0.2, 0.25) is 0 Å². The first-order valence-electron chi connectivity index (χ1n) is 7.06. The van der Waals surface area contributed by atoms with E-state index in [1.165, 1.54) is 43.4 Å². The summed E-state index contributed by atoms with van der Waals surface area (Å²) in [5.74, 6) is 0.769. The van der Waals surface area contributed by atoms with Gasteiger partial charge in [-0.05, 0) is 32.7 Å². The maximum Gasteiger partial charge on any atom is 0.0564 e. The van der Waals surface area contributed by atoms with Gasteiger partial charge in [0.15, 0.2) is 0 Å². The second kappa shape index (κ2) is 6.19. The molecule has 1 aromatic rings. The van der Waals surface area contributed by atoms with Gasteiger partial charge in [-0.15, -0.1) is 0 Å². The highest BCUT2D eigenvalue weighted by molar-refractivity contribution is 5.55. The van der Waals surface area contributed by atoms with Crippen LogP contribution in [0, 0.1) is 12.8 Å². The molecule has 3 heteroatoms. The molecule has 0 aliphatic heterocycles. The average Bonchev–Trinajstić information content (AvgIpc) is 2.71. The van der Waals surface area contributed by atoms with E-state index >= 15 is 0 Å². The number of hydrogen-bond acceptors (Lipinski definition) is 2. The van der Waals surface area contributed by atoms with Crippen molar-refractivity contribution in [1.82, 2.24) is 15.1 Å². The van der Waals surface area contributed by atoms with Gasteiger partial charge in [-0.25, -0.2) is 0 Å². The molecular formula is C15H25N3. The fourth-order valence-corrected chi connectivity index (χ4v) is 2.85. The number of nitrogens with one attached hydrogen (secondary N) is 1. The van der Waals surface area contributed by atoms with E-state index in [0.717, 1.165) is 12.5 Å². The fraction of sp³-hybridized carbons (Fsp3) is 0.667. The summed E-state index contributed by atoms with van der Waals surface area (Å²) >= 11 is 0. The van der Waals surface area contributed by atoms with E-state index in [9.17, 15) is 0 Å². The minimum Gasteiger partial charge on any atom is -0.316 e. The molecule has 1 aromatic heterocycles. The molecule has 0 amide bonds. The van der Waals surface area contributed by atoms with Crippen molar-refractivity contribution in [2.24, 2.45) is 13.0 Å². The molecule has 0 radical (unpaired) electrons. The number of hydrogen-bond donors (Lipinski definition) is 1. The van der Waals surface area contributed by atoms with Crippen molar-refractivity contribution in [1.29, 1.82) is 0 Å². The average molecular weight is 247 g/mol. The Morgan fingerprint density at radius 3 is 2.72 bits per heavy atom. The predicted molar refractivity (Wildman–Crippen MR) is 76.4 cm³/mol. The standard InChI is InChI=1S/C15H25N3/c1-12-14(11-17-18(12)3)9-15(10-16-2)13-7-5-4-6-8-13/h9,11,13,16H,4-8,10H2,1-3H3. The van der Waals surface area contributed by atoms with Crippen LogP contribution >= 0.6 is 0 Å². The molecule has 100 valence electrons. The summed E-state index contributed by atoms with van der Waals surface area (Å²) in [5.41, 5.74) is 4.07. The first-order valence-corrected chi connectivity index (χ1v) is 7.06. The molecule has 3 nitrogen and oxygen atoms in total. The highest BCUT2D eigenvalue weighted by Gasteiger charge is 2.17. The van der Waals surface area contributed by atoms with Crippen molar-refractivity contribution < 1.29 is 0 Å². The molecule has 0 atom stereocenters. The summed E-state index contributed by atoms with van der Waals surface area (Å²) in [6.45, 7) is 3.13. The summed E-state index contributed by atoms with van der Waals surface area (Å²) in [7, 11) is 4.04. The third kappa shape index (κ3) is 3.02. The van der Waals surface area contributed by atoms with Gasteiger partial charge in [0, 0.05) is 24.8 Å². The Kier molecular flexibility index (Phi) is 4.59. The van der Waals surface area contributed by atoms with Crippen molar-refractivity contribution in [2.45, 2.75) is 39.0 Å². The summed E-state index contributed by atoms with van der Waals surface area (Å²) < 4.78 is 1.95. The number of likely N-dealkylation sites (N-methyl/N-ethyl adjacent to an activating group) is 1. The second-order valence-electron chi connectivity index (χ2n) is 5.39. The van der Waals surface area contributed by atoms with Crippen LogP contribution in [-0.4, -0.2) is 23.4 Å². The van der Waals surface area contributed by atoms with Crippen LogP contribution in [0.2, 0.25) is 0 Å². The summed E-state index contributed by atoms with van der Waals surface area (Å²) in [4.78, 5) is 0. The molecule has 1 saturated carbocycles. The summed E-state index contributed by atoms with van der Waals surface area (Å²) in [6.07, 6.45) is 11.2. The first kappa shape index (κ1) is 13.3. The lowest BCUT2D eigenvalue weighted by atomic mass is 9.83. The van der Waals surface area contributed by atoms with Crippen LogP contribution in [0.4, 0.5) is 0 Å². The number of aromatic nitrogens is 2. The van der Waals surface area contributed by atoms with Crippen LogP contribution in [0.15, 0.2) is 11.8 Å². The first-order chi connectivity index (χ1) is 8.72. The molecule has 1 aliphatic rings. The van der Waals surface area contributed by atoms with Gasteiger partial charge >= 0.3 is 0 Å². The van der Waals surface area contributed by atoms with E-state index in [4.69, 9.17) is 0 Å². The highest BCUT2D eigenvalue weighted by Crippen LogP contribution is 2.30. The molecule has 0 bridgehead atoms. The minimum absolute atomic E-state index is 0.769. The molecule has 1 fully saturated rings. The zero-order chi connectivity index (χ0) is 13.0. The van der Waals surface area contributed by atoms with Crippen LogP contribution in [0.1, 0.15) is 43.4 Å². The lowest BCUT2D eigenvalue weighted by Crippen LogP contribution is -2.19. The molecule has 1 heterocycles. The smallest absolute Gasteiger partial charge is 0.0564 e. The van der Waals surface area contributed by atoms with Gasteiger partial charge in [0.1, 0.15) is 0 Å². The summed E-state index contributed by atoms with van der Waals surface area (Å²) in [5, 5.41) is 7.64. The third-order valence-corrected chi connectivity index (χ3v) is 4.12. The number of aryl methyl sites for hydroxylation is 1. The van der Waals surface area contributed by atoms with E-state index in [-0.39, 0.29) is 0 Å². The van der Waals surface area contributed by atoms with Crippen LogP contribution in [-0.2, 0) is 7.05 Å². The van der Waals surface area contributed by atoms with E-state index in [1.807, 2.05) is 25.0 Å². The molecule has 0 aromatic carbocycles. The number of nitrogens with zero attached hydrogens (tertiary/aromatic N) is 2. The lowest BCUT2D eigenvalue weighted by molar-refractivity contribution is 0.398. The van der Waals surface area contributed by atoms with Crippen molar-refractivity contribution in [3.8, 4) is 0 Å². The molecule has 0 unspecified atom stereocenters. The Labute approximate surface area is 110 Å². The van der Waals surface area contributed by atoms with Gasteiger partial charge in [-0.2, -0.15) is 5.10 Å². The Hall–Kier alpha value is -1.09.